The first-order valence-electron chi connectivity index (χ1n) is 10.9. The van der Waals surface area contributed by atoms with E-state index in [4.69, 9.17) is 28.4 Å². The molecule has 186 valence electrons. The van der Waals surface area contributed by atoms with Crippen LogP contribution in [0.1, 0.15) is 15.9 Å². The molecule has 0 atom stereocenters. The highest BCUT2D eigenvalue weighted by Crippen LogP contribution is 2.36. The maximum absolute atomic E-state index is 12.9. The van der Waals surface area contributed by atoms with Crippen LogP contribution in [-0.2, 0) is 4.79 Å². The van der Waals surface area contributed by atoms with Gasteiger partial charge in [0.2, 0.25) is 5.78 Å². The highest BCUT2D eigenvalue weighted by molar-refractivity contribution is 6.14. The first-order chi connectivity index (χ1) is 17.4. The van der Waals surface area contributed by atoms with Gasteiger partial charge in [-0.25, -0.2) is 0 Å². The number of hydrogen-bond donors (Lipinski definition) is 1. The average molecular weight is 491 g/mol. The van der Waals surface area contributed by atoms with Gasteiger partial charge in [0.15, 0.2) is 12.4 Å². The summed E-state index contributed by atoms with van der Waals surface area (Å²) in [4.78, 5) is 25.3. The van der Waals surface area contributed by atoms with Crippen molar-refractivity contribution in [2.75, 3.05) is 40.4 Å². The molecule has 9 nitrogen and oxygen atoms in total. The molecule has 3 aromatic carbocycles. The molecule has 0 saturated carbocycles. The van der Waals surface area contributed by atoms with Gasteiger partial charge < -0.3 is 33.7 Å². The Bertz CT molecular complexity index is 1330. The molecule has 0 fully saturated rings. The fourth-order valence-electron chi connectivity index (χ4n) is 3.59. The summed E-state index contributed by atoms with van der Waals surface area (Å²) in [5.74, 6) is 2.43. The molecule has 0 saturated heterocycles. The Labute approximate surface area is 208 Å². The van der Waals surface area contributed by atoms with Gasteiger partial charge in [-0.3, -0.25) is 9.59 Å². The summed E-state index contributed by atoms with van der Waals surface area (Å²) in [6, 6.07) is 15.1. The zero-order chi connectivity index (χ0) is 25.7. The molecule has 4 rings (SSSR count). The lowest BCUT2D eigenvalue weighted by atomic mass is 10.1. The summed E-state index contributed by atoms with van der Waals surface area (Å²) < 4.78 is 32.5. The molecule has 0 bridgehead atoms. The summed E-state index contributed by atoms with van der Waals surface area (Å²) in [5.41, 5.74) is 1.51. The number of methoxy groups -OCH3 is 4. The van der Waals surface area contributed by atoms with Crippen molar-refractivity contribution in [1.82, 2.24) is 0 Å². The molecule has 36 heavy (non-hydrogen) atoms. The Balaban J connectivity index is 1.44. The molecule has 1 aliphatic heterocycles. The van der Waals surface area contributed by atoms with Crippen LogP contribution >= 0.6 is 0 Å². The summed E-state index contributed by atoms with van der Waals surface area (Å²) in [6.07, 6.45) is 1.60. The van der Waals surface area contributed by atoms with E-state index in [1.807, 2.05) is 0 Å². The van der Waals surface area contributed by atoms with E-state index in [2.05, 4.69) is 5.32 Å². The van der Waals surface area contributed by atoms with Gasteiger partial charge in [0.25, 0.3) is 5.91 Å². The van der Waals surface area contributed by atoms with Crippen LogP contribution in [0.25, 0.3) is 6.08 Å². The van der Waals surface area contributed by atoms with Crippen LogP contribution in [0.15, 0.2) is 60.4 Å². The number of allylic oxidation sites excluding steroid dienone is 1. The van der Waals surface area contributed by atoms with Crippen LogP contribution < -0.4 is 33.7 Å². The van der Waals surface area contributed by atoms with Gasteiger partial charge in [-0.1, -0.05) is 0 Å². The second kappa shape index (κ2) is 10.7. The number of Topliss-reactive ketones (excluding diaryl/α,β-unsaturated/α-hetero) is 1. The lowest BCUT2D eigenvalue weighted by Gasteiger charge is -2.12. The predicted molar refractivity (Wildman–Crippen MR) is 133 cm³/mol. The largest absolute Gasteiger partial charge is 0.497 e. The number of hydrogen-bond acceptors (Lipinski definition) is 8. The number of anilines is 1. The van der Waals surface area contributed by atoms with Crippen molar-refractivity contribution < 1.29 is 38.0 Å². The zero-order valence-corrected chi connectivity index (χ0v) is 20.2. The maximum Gasteiger partial charge on any atom is 0.262 e. The first kappa shape index (κ1) is 24.5. The minimum absolute atomic E-state index is 0.137. The lowest BCUT2D eigenvalue weighted by molar-refractivity contribution is -0.118. The first-order valence-corrected chi connectivity index (χ1v) is 10.9. The Kier molecular flexibility index (Phi) is 7.29. The Morgan fingerprint density at radius 1 is 0.833 bits per heavy atom. The topological polar surface area (TPSA) is 102 Å². The van der Waals surface area contributed by atoms with E-state index in [0.29, 0.717) is 51.3 Å². The highest BCUT2D eigenvalue weighted by atomic mass is 16.5. The van der Waals surface area contributed by atoms with Crippen molar-refractivity contribution in [3.8, 4) is 34.5 Å². The number of amides is 1. The molecule has 0 radical (unpaired) electrons. The quantitative estimate of drug-likeness (QED) is 0.441. The standard InChI is InChI=1S/C27H25NO8/c1-31-17-7-10-22(33-3)16(11-17)12-25-27(30)20-8-5-19(14-23(20)36-25)35-15-26(29)28-21-9-6-18(32-2)13-24(21)34-4/h5-14H,15H2,1-4H3,(H,28,29). The van der Waals surface area contributed by atoms with Crippen LogP contribution in [0, 0.1) is 0 Å². The van der Waals surface area contributed by atoms with E-state index in [1.54, 1.807) is 82.0 Å². The monoisotopic (exact) mass is 491 g/mol. The van der Waals surface area contributed by atoms with Crippen molar-refractivity contribution in [2.45, 2.75) is 0 Å². The predicted octanol–water partition coefficient (Wildman–Crippen LogP) is 4.35. The average Bonchev–Trinajstić information content (AvgIpc) is 3.21. The van der Waals surface area contributed by atoms with Crippen molar-refractivity contribution in [3.63, 3.8) is 0 Å². The molecule has 0 unspecified atom stereocenters. The molecular weight excluding hydrogens is 466 g/mol. The van der Waals surface area contributed by atoms with Crippen molar-refractivity contribution in [3.05, 3.63) is 71.5 Å². The van der Waals surface area contributed by atoms with E-state index in [0.717, 1.165) is 0 Å². The fraction of sp³-hybridized carbons (Fsp3) is 0.185. The molecule has 1 N–H and O–H groups in total. The maximum atomic E-state index is 12.9. The van der Waals surface area contributed by atoms with E-state index < -0.39 is 0 Å². The molecular formula is C27H25NO8. The highest BCUT2D eigenvalue weighted by Gasteiger charge is 2.28. The van der Waals surface area contributed by atoms with Crippen LogP contribution in [0.5, 0.6) is 34.5 Å². The van der Waals surface area contributed by atoms with E-state index in [-0.39, 0.29) is 24.1 Å². The fourth-order valence-corrected chi connectivity index (χ4v) is 3.59. The third kappa shape index (κ3) is 5.20. The number of fused-ring (bicyclic) bond motifs is 1. The smallest absolute Gasteiger partial charge is 0.262 e. The minimum Gasteiger partial charge on any atom is -0.497 e. The van der Waals surface area contributed by atoms with Crippen LogP contribution in [0.2, 0.25) is 0 Å². The molecule has 0 spiro atoms. The zero-order valence-electron chi connectivity index (χ0n) is 20.2. The summed E-state index contributed by atoms with van der Waals surface area (Å²) in [6.45, 7) is -0.258. The van der Waals surface area contributed by atoms with E-state index >= 15 is 0 Å². The molecule has 1 aliphatic rings. The van der Waals surface area contributed by atoms with E-state index in [1.165, 1.54) is 7.11 Å². The van der Waals surface area contributed by atoms with Gasteiger partial charge in [0, 0.05) is 17.7 Å². The number of ether oxygens (including phenoxy) is 6. The second-order valence-electron chi connectivity index (χ2n) is 7.61. The summed E-state index contributed by atoms with van der Waals surface area (Å²) in [5, 5.41) is 2.74. The van der Waals surface area contributed by atoms with Gasteiger partial charge in [-0.15, -0.1) is 0 Å². The van der Waals surface area contributed by atoms with Gasteiger partial charge >= 0.3 is 0 Å². The number of ketones is 1. The van der Waals surface area contributed by atoms with Crippen LogP contribution in [0.3, 0.4) is 0 Å². The Morgan fingerprint density at radius 3 is 2.25 bits per heavy atom. The van der Waals surface area contributed by atoms with Crippen molar-refractivity contribution in [1.29, 1.82) is 0 Å². The Hall–Kier alpha value is -4.66. The number of rotatable bonds is 9. The third-order valence-electron chi connectivity index (χ3n) is 5.42. The molecule has 9 heteroatoms. The molecule has 0 aromatic heterocycles. The van der Waals surface area contributed by atoms with Crippen molar-refractivity contribution in [2.24, 2.45) is 0 Å². The van der Waals surface area contributed by atoms with Crippen molar-refractivity contribution >= 4 is 23.5 Å². The van der Waals surface area contributed by atoms with Gasteiger partial charge in [0.1, 0.15) is 34.5 Å². The Morgan fingerprint density at radius 2 is 1.53 bits per heavy atom. The van der Waals surface area contributed by atoms with Gasteiger partial charge in [-0.05, 0) is 48.5 Å². The third-order valence-corrected chi connectivity index (χ3v) is 5.42. The lowest BCUT2D eigenvalue weighted by Crippen LogP contribution is -2.20. The van der Waals surface area contributed by atoms with Crippen LogP contribution in [-0.4, -0.2) is 46.7 Å². The minimum atomic E-state index is -0.387. The molecule has 3 aromatic rings. The molecule has 1 amide bonds. The molecule has 1 heterocycles. The second-order valence-corrected chi connectivity index (χ2v) is 7.61. The van der Waals surface area contributed by atoms with Crippen LogP contribution in [0.4, 0.5) is 5.69 Å². The number of carbonyl (C=O) groups is 2. The summed E-state index contributed by atoms with van der Waals surface area (Å²) in [7, 11) is 6.14. The summed E-state index contributed by atoms with van der Waals surface area (Å²) >= 11 is 0. The van der Waals surface area contributed by atoms with Gasteiger partial charge in [-0.2, -0.15) is 0 Å². The molecule has 0 aliphatic carbocycles. The SMILES string of the molecule is COc1ccc(OC)c(C=C2Oc3cc(OCC(=O)Nc4ccc(OC)cc4OC)ccc3C2=O)c1. The number of nitrogens with one attached hydrogen (secondary N) is 1. The number of carbonyl (C=O) groups excluding carboxylic acids is 2. The van der Waals surface area contributed by atoms with Gasteiger partial charge in [0.05, 0.1) is 39.7 Å². The number of benzene rings is 3. The normalized spacial score (nSPS) is 13.0. The van der Waals surface area contributed by atoms with E-state index in [9.17, 15) is 9.59 Å².